The summed E-state index contributed by atoms with van der Waals surface area (Å²) in [6.45, 7) is 4.92. The second-order valence-corrected chi connectivity index (χ2v) is 22.8. The molecule has 0 heterocycles. The average Bonchev–Trinajstić information content (AvgIpc) is 3.39. The molecule has 73 heavy (non-hydrogen) atoms. The molecule has 0 aliphatic rings. The van der Waals surface area contributed by atoms with Crippen LogP contribution in [0.3, 0.4) is 0 Å². The Bertz CT molecular complexity index is 1140. The number of aliphatic hydroxyl groups is 2. The number of ether oxygens (including phenoxy) is 1. The molecular weight excluding hydrogens is 899 g/mol. The van der Waals surface area contributed by atoms with Crippen LogP contribution < -0.4 is 5.32 Å². The molecule has 0 aliphatic heterocycles. The molecule has 0 aliphatic carbocycles. The number of esters is 1. The Labute approximate surface area is 456 Å². The maximum Gasteiger partial charge on any atom is 0.305 e. The van der Waals surface area contributed by atoms with Gasteiger partial charge < -0.3 is 20.3 Å². The van der Waals surface area contributed by atoms with E-state index >= 15 is 0 Å². The summed E-state index contributed by atoms with van der Waals surface area (Å²) in [4.78, 5) is 24.6. The maximum atomic E-state index is 12.5. The van der Waals surface area contributed by atoms with Gasteiger partial charge in [0, 0.05) is 12.8 Å². The molecule has 0 spiro atoms. The molecule has 3 N–H and O–H groups in total. The minimum absolute atomic E-state index is 0.00545. The maximum absolute atomic E-state index is 12.5. The molecule has 0 aromatic heterocycles. The van der Waals surface area contributed by atoms with Crippen molar-refractivity contribution in [2.75, 3.05) is 13.2 Å². The Morgan fingerprint density at radius 3 is 0.973 bits per heavy atom. The van der Waals surface area contributed by atoms with Gasteiger partial charge in [-0.1, -0.05) is 321 Å². The number of amides is 1. The van der Waals surface area contributed by atoms with E-state index in [4.69, 9.17) is 4.74 Å². The number of carbonyl (C=O) groups excluding carboxylic acids is 2. The normalized spacial score (nSPS) is 12.7. The minimum Gasteiger partial charge on any atom is -0.466 e. The zero-order valence-electron chi connectivity index (χ0n) is 49.4. The highest BCUT2D eigenvalue weighted by molar-refractivity contribution is 5.76. The standard InChI is InChI=1S/C67H129NO5/c1-3-5-7-9-11-13-15-17-18-19-20-21-22-23-24-26-29-32-36-39-43-47-51-55-59-65(70)64(63-69)68-66(71)60-56-52-48-44-40-37-33-30-27-25-28-31-34-38-42-46-50-54-58-62-73-67(72)61-57-53-49-45-41-35-16-14-12-10-8-6-4-2/h25,27,55,59,64-65,69-70H,3-24,26,28-54,56-58,60-63H2,1-2H3,(H,68,71)/b27-25-,59-55+. The van der Waals surface area contributed by atoms with Gasteiger partial charge in [-0.15, -0.1) is 0 Å². The monoisotopic (exact) mass is 1030 g/mol. The third kappa shape index (κ3) is 59.4. The van der Waals surface area contributed by atoms with Gasteiger partial charge in [0.2, 0.25) is 5.91 Å². The first-order chi connectivity index (χ1) is 36.0. The van der Waals surface area contributed by atoms with Gasteiger partial charge in [0.1, 0.15) is 0 Å². The van der Waals surface area contributed by atoms with Gasteiger partial charge in [-0.3, -0.25) is 9.59 Å². The molecule has 0 bridgehead atoms. The second-order valence-electron chi connectivity index (χ2n) is 22.8. The Hall–Kier alpha value is -1.66. The Morgan fingerprint density at radius 2 is 0.644 bits per heavy atom. The molecule has 0 saturated carbocycles. The number of allylic oxidation sites excluding steroid dienone is 3. The number of hydrogen-bond donors (Lipinski definition) is 3. The smallest absolute Gasteiger partial charge is 0.305 e. The summed E-state index contributed by atoms with van der Waals surface area (Å²) in [7, 11) is 0. The van der Waals surface area contributed by atoms with Crippen molar-refractivity contribution in [3.63, 3.8) is 0 Å². The lowest BCUT2D eigenvalue weighted by atomic mass is 10.0. The van der Waals surface area contributed by atoms with Gasteiger partial charge in [0.25, 0.3) is 0 Å². The third-order valence-corrected chi connectivity index (χ3v) is 15.5. The molecule has 0 saturated heterocycles. The summed E-state index contributed by atoms with van der Waals surface area (Å²) in [5.41, 5.74) is 0. The zero-order valence-corrected chi connectivity index (χ0v) is 49.4. The molecule has 2 atom stereocenters. The average molecular weight is 1030 g/mol. The van der Waals surface area contributed by atoms with Crippen molar-refractivity contribution in [3.8, 4) is 0 Å². The SMILES string of the molecule is CCCCCCCCCCCCCCCCCCCCCCCC/C=C/C(O)C(CO)NC(=O)CCCCCCCCC/C=C\CCCCCCCCCCOC(=O)CCCCCCCCCCCCCCC. The highest BCUT2D eigenvalue weighted by Gasteiger charge is 2.18. The number of aliphatic hydroxyl groups excluding tert-OH is 2. The van der Waals surface area contributed by atoms with Crippen LogP contribution in [0.5, 0.6) is 0 Å². The van der Waals surface area contributed by atoms with Crippen LogP contribution in [0.2, 0.25) is 0 Å². The van der Waals surface area contributed by atoms with E-state index in [1.165, 1.54) is 289 Å². The van der Waals surface area contributed by atoms with E-state index in [9.17, 15) is 19.8 Å². The molecule has 432 valence electrons. The van der Waals surface area contributed by atoms with E-state index in [1.807, 2.05) is 6.08 Å². The number of hydrogen-bond acceptors (Lipinski definition) is 5. The highest BCUT2D eigenvalue weighted by Crippen LogP contribution is 2.18. The summed E-state index contributed by atoms with van der Waals surface area (Å²) < 4.78 is 5.48. The summed E-state index contributed by atoms with van der Waals surface area (Å²) in [5, 5.41) is 23.2. The van der Waals surface area contributed by atoms with Crippen LogP contribution in [-0.2, 0) is 14.3 Å². The Morgan fingerprint density at radius 1 is 0.370 bits per heavy atom. The molecule has 0 aromatic rings. The fourth-order valence-corrected chi connectivity index (χ4v) is 10.4. The zero-order chi connectivity index (χ0) is 52.9. The highest BCUT2D eigenvalue weighted by atomic mass is 16.5. The third-order valence-electron chi connectivity index (χ3n) is 15.5. The lowest BCUT2D eigenvalue weighted by Crippen LogP contribution is -2.45. The quantitative estimate of drug-likeness (QED) is 0.0320. The van der Waals surface area contributed by atoms with Crippen LogP contribution in [0, 0.1) is 0 Å². The largest absolute Gasteiger partial charge is 0.466 e. The molecule has 2 unspecified atom stereocenters. The van der Waals surface area contributed by atoms with Gasteiger partial charge in [-0.05, 0) is 57.8 Å². The predicted octanol–water partition coefficient (Wildman–Crippen LogP) is 21.0. The Kier molecular flexibility index (Phi) is 61.4. The van der Waals surface area contributed by atoms with Crippen molar-refractivity contribution in [2.45, 2.75) is 379 Å². The molecule has 0 aromatic carbocycles. The molecule has 0 rings (SSSR count). The van der Waals surface area contributed by atoms with Crippen molar-refractivity contribution in [1.29, 1.82) is 0 Å². The van der Waals surface area contributed by atoms with Crippen molar-refractivity contribution in [1.82, 2.24) is 5.32 Å². The number of carbonyl (C=O) groups is 2. The van der Waals surface area contributed by atoms with Crippen LogP contribution in [0.15, 0.2) is 24.3 Å². The van der Waals surface area contributed by atoms with E-state index in [0.717, 1.165) is 51.4 Å². The van der Waals surface area contributed by atoms with E-state index < -0.39 is 12.1 Å². The van der Waals surface area contributed by atoms with Crippen LogP contribution in [0.4, 0.5) is 0 Å². The fourth-order valence-electron chi connectivity index (χ4n) is 10.4. The predicted molar refractivity (Wildman–Crippen MR) is 320 cm³/mol. The first-order valence-corrected chi connectivity index (χ1v) is 33.1. The first-order valence-electron chi connectivity index (χ1n) is 33.1. The van der Waals surface area contributed by atoms with Crippen LogP contribution in [-0.4, -0.2) is 47.4 Å². The van der Waals surface area contributed by atoms with Gasteiger partial charge in [0.05, 0.1) is 25.4 Å². The van der Waals surface area contributed by atoms with Crippen LogP contribution in [0.1, 0.15) is 367 Å². The van der Waals surface area contributed by atoms with Crippen molar-refractivity contribution >= 4 is 11.9 Å². The summed E-state index contributed by atoms with van der Waals surface area (Å²) in [6, 6.07) is -0.636. The second kappa shape index (κ2) is 62.9. The molecule has 1 amide bonds. The topological polar surface area (TPSA) is 95.9 Å². The van der Waals surface area contributed by atoms with E-state index in [0.29, 0.717) is 19.4 Å². The lowest BCUT2D eigenvalue weighted by Gasteiger charge is -2.20. The summed E-state index contributed by atoms with van der Waals surface area (Å²) in [6.07, 6.45) is 78.0. The lowest BCUT2D eigenvalue weighted by molar-refractivity contribution is -0.143. The molecule has 6 nitrogen and oxygen atoms in total. The van der Waals surface area contributed by atoms with Gasteiger partial charge >= 0.3 is 5.97 Å². The first kappa shape index (κ1) is 71.3. The molecular formula is C67H129NO5. The molecule has 0 radical (unpaired) electrons. The summed E-state index contributed by atoms with van der Waals surface area (Å²) >= 11 is 0. The van der Waals surface area contributed by atoms with Gasteiger partial charge in [-0.25, -0.2) is 0 Å². The minimum atomic E-state index is -0.852. The van der Waals surface area contributed by atoms with Crippen LogP contribution in [0.25, 0.3) is 0 Å². The number of nitrogens with one attached hydrogen (secondary N) is 1. The summed E-state index contributed by atoms with van der Waals surface area (Å²) in [5.74, 6) is -0.0682. The van der Waals surface area contributed by atoms with Crippen molar-refractivity contribution in [3.05, 3.63) is 24.3 Å². The Balaban J connectivity index is 3.46. The van der Waals surface area contributed by atoms with E-state index in [1.54, 1.807) is 6.08 Å². The van der Waals surface area contributed by atoms with Crippen LogP contribution >= 0.6 is 0 Å². The van der Waals surface area contributed by atoms with E-state index in [2.05, 4.69) is 31.3 Å². The van der Waals surface area contributed by atoms with Crippen molar-refractivity contribution < 1.29 is 24.5 Å². The van der Waals surface area contributed by atoms with Gasteiger partial charge in [0.15, 0.2) is 0 Å². The van der Waals surface area contributed by atoms with Crippen molar-refractivity contribution in [2.24, 2.45) is 0 Å². The number of rotatable bonds is 62. The molecule has 6 heteroatoms. The molecule has 0 fully saturated rings. The van der Waals surface area contributed by atoms with Gasteiger partial charge in [-0.2, -0.15) is 0 Å². The fraction of sp³-hybridized carbons (Fsp3) is 0.910. The number of unbranched alkanes of at least 4 members (excludes halogenated alkanes) is 49. The van der Waals surface area contributed by atoms with E-state index in [-0.39, 0.29) is 18.5 Å².